The monoisotopic (exact) mass is 187 g/mol. The van der Waals surface area contributed by atoms with Gasteiger partial charge in [0, 0.05) is 6.04 Å². The molecule has 0 aromatic carbocycles. The minimum absolute atomic E-state index is 0.00171. The van der Waals surface area contributed by atoms with Crippen molar-refractivity contribution < 1.29 is 19.8 Å². The molecular formula is C8H13NO4. The molecular weight excluding hydrogens is 174 g/mol. The highest BCUT2D eigenvalue weighted by Gasteiger charge is 2.35. The molecule has 3 N–H and O–H groups in total. The summed E-state index contributed by atoms with van der Waals surface area (Å²) in [5.41, 5.74) is 0. The fourth-order valence-electron chi connectivity index (χ4n) is 1.74. The van der Waals surface area contributed by atoms with Crippen LogP contribution in [0.3, 0.4) is 0 Å². The highest BCUT2D eigenvalue weighted by Crippen LogP contribution is 2.21. The van der Waals surface area contributed by atoms with Crippen LogP contribution in [-0.2, 0) is 9.59 Å². The van der Waals surface area contributed by atoms with E-state index in [1.54, 1.807) is 0 Å². The van der Waals surface area contributed by atoms with Gasteiger partial charge in [-0.2, -0.15) is 0 Å². The van der Waals surface area contributed by atoms with Crippen LogP contribution in [0.4, 0.5) is 0 Å². The molecule has 74 valence electrons. The van der Waals surface area contributed by atoms with E-state index in [4.69, 9.17) is 10.2 Å². The van der Waals surface area contributed by atoms with Crippen LogP contribution in [0.1, 0.15) is 19.8 Å². The molecule has 3 atom stereocenters. The van der Waals surface area contributed by atoms with Gasteiger partial charge in [0.15, 0.2) is 0 Å². The molecule has 0 amide bonds. The van der Waals surface area contributed by atoms with E-state index >= 15 is 0 Å². The van der Waals surface area contributed by atoms with Crippen molar-refractivity contribution in [3.05, 3.63) is 0 Å². The zero-order chi connectivity index (χ0) is 10.0. The maximum atomic E-state index is 10.6. The highest BCUT2D eigenvalue weighted by atomic mass is 16.4. The summed E-state index contributed by atoms with van der Waals surface area (Å²) in [6.45, 7) is 1.81. The molecule has 0 spiro atoms. The highest BCUT2D eigenvalue weighted by molar-refractivity contribution is 5.75. The van der Waals surface area contributed by atoms with Crippen LogP contribution in [0.2, 0.25) is 0 Å². The summed E-state index contributed by atoms with van der Waals surface area (Å²) < 4.78 is 0. The van der Waals surface area contributed by atoms with E-state index in [0.717, 1.165) is 0 Å². The lowest BCUT2D eigenvalue weighted by Crippen LogP contribution is -2.38. The van der Waals surface area contributed by atoms with Gasteiger partial charge in [-0.3, -0.25) is 9.59 Å². The van der Waals surface area contributed by atoms with Crippen molar-refractivity contribution >= 4 is 11.9 Å². The Morgan fingerprint density at radius 1 is 1.46 bits per heavy atom. The van der Waals surface area contributed by atoms with E-state index in [0.29, 0.717) is 6.42 Å². The van der Waals surface area contributed by atoms with E-state index in [2.05, 4.69) is 5.32 Å². The van der Waals surface area contributed by atoms with E-state index in [1.807, 2.05) is 6.92 Å². The Kier molecular flexibility index (Phi) is 2.87. The van der Waals surface area contributed by atoms with Crippen LogP contribution in [0.5, 0.6) is 0 Å². The lowest BCUT2D eigenvalue weighted by molar-refractivity contribution is -0.141. The summed E-state index contributed by atoms with van der Waals surface area (Å²) in [5, 5.41) is 20.0. The number of nitrogens with one attached hydrogen (secondary N) is 1. The zero-order valence-corrected chi connectivity index (χ0v) is 7.36. The standard InChI is InChI=1S/C8H13NO4/c1-4-2-5(3-6(10)11)9-7(4)8(12)13/h4-5,7,9H,2-3H2,1H3,(H,10,11)(H,12,13)/t4-,5+,7+/m1/s1. The van der Waals surface area contributed by atoms with Crippen molar-refractivity contribution in [2.75, 3.05) is 0 Å². The molecule has 1 saturated heterocycles. The van der Waals surface area contributed by atoms with Crippen LogP contribution in [-0.4, -0.2) is 34.2 Å². The first kappa shape index (κ1) is 9.98. The van der Waals surface area contributed by atoms with Crippen LogP contribution >= 0.6 is 0 Å². The van der Waals surface area contributed by atoms with Crippen LogP contribution in [0, 0.1) is 5.92 Å². The van der Waals surface area contributed by atoms with Gasteiger partial charge in [-0.1, -0.05) is 6.92 Å². The molecule has 0 aromatic heterocycles. The number of hydrogen-bond acceptors (Lipinski definition) is 3. The number of carboxylic acids is 2. The molecule has 0 aromatic rings. The second-order valence-corrected chi connectivity index (χ2v) is 3.49. The third-order valence-electron chi connectivity index (χ3n) is 2.33. The second-order valence-electron chi connectivity index (χ2n) is 3.49. The molecule has 0 unspecified atom stereocenters. The maximum Gasteiger partial charge on any atom is 0.320 e. The fraction of sp³-hybridized carbons (Fsp3) is 0.750. The SMILES string of the molecule is C[C@@H]1C[C@@H](CC(=O)O)N[C@@H]1C(=O)O. The lowest BCUT2D eigenvalue weighted by Gasteiger charge is -2.09. The fourth-order valence-corrected chi connectivity index (χ4v) is 1.74. The summed E-state index contributed by atoms with van der Waals surface area (Å²) in [6, 6.07) is -0.794. The van der Waals surface area contributed by atoms with Gasteiger partial charge in [0.05, 0.1) is 6.42 Å². The third-order valence-corrected chi connectivity index (χ3v) is 2.33. The number of aliphatic carboxylic acids is 2. The van der Waals surface area contributed by atoms with Crippen molar-refractivity contribution in [2.45, 2.75) is 31.8 Å². The second kappa shape index (κ2) is 3.74. The van der Waals surface area contributed by atoms with Crippen molar-refractivity contribution in [2.24, 2.45) is 5.92 Å². The molecule has 0 aliphatic carbocycles. The smallest absolute Gasteiger partial charge is 0.320 e. The average molecular weight is 187 g/mol. The van der Waals surface area contributed by atoms with Crippen molar-refractivity contribution in [3.63, 3.8) is 0 Å². The first-order valence-electron chi connectivity index (χ1n) is 4.21. The Bertz CT molecular complexity index is 228. The summed E-state index contributed by atoms with van der Waals surface area (Å²) in [4.78, 5) is 21.0. The Hall–Kier alpha value is -1.10. The van der Waals surface area contributed by atoms with Gasteiger partial charge >= 0.3 is 11.9 Å². The van der Waals surface area contributed by atoms with Gasteiger partial charge in [-0.15, -0.1) is 0 Å². The Balaban J connectivity index is 2.50. The Morgan fingerprint density at radius 2 is 2.08 bits per heavy atom. The zero-order valence-electron chi connectivity index (χ0n) is 7.36. The van der Waals surface area contributed by atoms with Gasteiger partial charge < -0.3 is 15.5 Å². The maximum absolute atomic E-state index is 10.6. The number of hydrogen-bond donors (Lipinski definition) is 3. The molecule has 5 heteroatoms. The molecule has 1 rings (SSSR count). The Labute approximate surface area is 75.7 Å². The third kappa shape index (κ3) is 2.42. The first-order valence-corrected chi connectivity index (χ1v) is 4.21. The molecule has 1 fully saturated rings. The summed E-state index contributed by atoms with van der Waals surface area (Å²) >= 11 is 0. The van der Waals surface area contributed by atoms with Gasteiger partial charge in [0.1, 0.15) is 6.04 Å². The minimum Gasteiger partial charge on any atom is -0.481 e. The molecule has 5 nitrogen and oxygen atoms in total. The molecule has 13 heavy (non-hydrogen) atoms. The number of carboxylic acid groups (broad SMARTS) is 2. The van der Waals surface area contributed by atoms with E-state index in [9.17, 15) is 9.59 Å². The molecule has 0 radical (unpaired) electrons. The molecule has 1 aliphatic rings. The van der Waals surface area contributed by atoms with E-state index in [-0.39, 0.29) is 18.4 Å². The molecule has 0 bridgehead atoms. The van der Waals surface area contributed by atoms with Crippen molar-refractivity contribution in [1.82, 2.24) is 5.32 Å². The van der Waals surface area contributed by atoms with Gasteiger partial charge in [-0.25, -0.2) is 0 Å². The van der Waals surface area contributed by atoms with E-state index < -0.39 is 18.0 Å². The van der Waals surface area contributed by atoms with Crippen LogP contribution in [0.15, 0.2) is 0 Å². The van der Waals surface area contributed by atoms with Crippen molar-refractivity contribution in [1.29, 1.82) is 0 Å². The van der Waals surface area contributed by atoms with Crippen LogP contribution < -0.4 is 5.32 Å². The summed E-state index contributed by atoms with van der Waals surface area (Å²) in [6.07, 6.45) is 0.609. The summed E-state index contributed by atoms with van der Waals surface area (Å²) in [5.74, 6) is -1.79. The van der Waals surface area contributed by atoms with Crippen LogP contribution in [0.25, 0.3) is 0 Å². The molecule has 1 aliphatic heterocycles. The minimum atomic E-state index is -0.902. The molecule has 0 saturated carbocycles. The number of rotatable bonds is 3. The summed E-state index contributed by atoms with van der Waals surface area (Å²) in [7, 11) is 0. The molecule has 1 heterocycles. The predicted molar refractivity (Wildman–Crippen MR) is 44.4 cm³/mol. The van der Waals surface area contributed by atoms with Crippen molar-refractivity contribution in [3.8, 4) is 0 Å². The average Bonchev–Trinajstić information content (AvgIpc) is 2.29. The topological polar surface area (TPSA) is 86.6 Å². The van der Waals surface area contributed by atoms with Gasteiger partial charge in [-0.05, 0) is 12.3 Å². The van der Waals surface area contributed by atoms with Gasteiger partial charge in [0.2, 0.25) is 0 Å². The van der Waals surface area contributed by atoms with Gasteiger partial charge in [0.25, 0.3) is 0 Å². The largest absolute Gasteiger partial charge is 0.481 e. The number of carbonyl (C=O) groups is 2. The normalized spacial score (nSPS) is 33.2. The first-order chi connectivity index (χ1) is 6.00. The predicted octanol–water partition coefficient (Wildman–Crippen LogP) is -0.0877. The quantitative estimate of drug-likeness (QED) is 0.575. The van der Waals surface area contributed by atoms with E-state index in [1.165, 1.54) is 0 Å². The Morgan fingerprint density at radius 3 is 2.46 bits per heavy atom. The lowest BCUT2D eigenvalue weighted by atomic mass is 10.0.